The number of hydrogen-bond acceptors (Lipinski definition) is 4. The lowest BCUT2D eigenvalue weighted by atomic mass is 9.76. The zero-order valence-electron chi connectivity index (χ0n) is 10.8. The molecule has 1 aromatic rings. The maximum atomic E-state index is 12.3. The van der Waals surface area contributed by atoms with Crippen LogP contribution in [0.2, 0.25) is 0 Å². The van der Waals surface area contributed by atoms with E-state index < -0.39 is 10.0 Å². The summed E-state index contributed by atoms with van der Waals surface area (Å²) in [6.45, 7) is 3.86. The highest BCUT2D eigenvalue weighted by molar-refractivity contribution is 7.89. The Morgan fingerprint density at radius 3 is 2.56 bits per heavy atom. The topological polar surface area (TPSA) is 85.3 Å². The van der Waals surface area contributed by atoms with E-state index in [9.17, 15) is 8.42 Å². The molecule has 102 valence electrons. The van der Waals surface area contributed by atoms with E-state index in [0.717, 1.165) is 25.7 Å². The first-order valence-electron chi connectivity index (χ1n) is 6.26. The molecule has 1 fully saturated rings. The first-order chi connectivity index (χ1) is 8.42. The lowest BCUT2D eigenvalue weighted by molar-refractivity contribution is 0.213. The van der Waals surface area contributed by atoms with Crippen molar-refractivity contribution in [2.75, 3.05) is 0 Å². The Labute approximate surface area is 108 Å². The van der Waals surface area contributed by atoms with Gasteiger partial charge in [0, 0.05) is 11.6 Å². The summed E-state index contributed by atoms with van der Waals surface area (Å²) in [6, 6.07) is 1.51. The van der Waals surface area contributed by atoms with Gasteiger partial charge in [0.25, 0.3) is 0 Å². The molecule has 3 N–H and O–H groups in total. The predicted octanol–water partition coefficient (Wildman–Crippen LogP) is 1.66. The molecule has 1 aliphatic rings. The Kier molecular flexibility index (Phi) is 3.53. The fraction of sp³-hybridized carbons (Fsp3) is 0.667. The zero-order valence-corrected chi connectivity index (χ0v) is 11.6. The van der Waals surface area contributed by atoms with E-state index in [-0.39, 0.29) is 17.0 Å². The molecule has 1 heterocycles. The van der Waals surface area contributed by atoms with Crippen molar-refractivity contribution in [2.24, 2.45) is 5.73 Å². The summed E-state index contributed by atoms with van der Waals surface area (Å²) in [7, 11) is -3.51. The molecule has 0 bridgehead atoms. The van der Waals surface area contributed by atoms with Gasteiger partial charge in [0.15, 0.2) is 0 Å². The Morgan fingerprint density at radius 2 is 2.17 bits per heavy atom. The minimum atomic E-state index is -3.51. The molecule has 1 aliphatic carbocycles. The van der Waals surface area contributed by atoms with Crippen molar-refractivity contribution in [3.63, 3.8) is 0 Å². The maximum absolute atomic E-state index is 12.3. The van der Waals surface area contributed by atoms with Gasteiger partial charge in [-0.15, -0.1) is 0 Å². The average Bonchev–Trinajstić information content (AvgIpc) is 2.66. The van der Waals surface area contributed by atoms with E-state index in [1.807, 2.05) is 6.92 Å². The minimum Gasteiger partial charge on any atom is -0.464 e. The molecule has 1 saturated carbocycles. The van der Waals surface area contributed by atoms with Crippen molar-refractivity contribution in [1.29, 1.82) is 0 Å². The van der Waals surface area contributed by atoms with Crippen molar-refractivity contribution in [3.8, 4) is 0 Å². The molecular formula is C12H20N2O3S. The fourth-order valence-electron chi connectivity index (χ4n) is 2.36. The van der Waals surface area contributed by atoms with Gasteiger partial charge in [0.1, 0.15) is 16.4 Å². The van der Waals surface area contributed by atoms with Crippen LogP contribution in [0.5, 0.6) is 0 Å². The molecule has 5 nitrogen and oxygen atoms in total. The molecule has 0 spiro atoms. The van der Waals surface area contributed by atoms with Crippen molar-refractivity contribution >= 4 is 10.0 Å². The number of aryl methyl sites for hydroxylation is 1. The number of hydrogen-bond donors (Lipinski definition) is 2. The van der Waals surface area contributed by atoms with Crippen LogP contribution in [0, 0.1) is 6.92 Å². The Balaban J connectivity index is 2.27. The quantitative estimate of drug-likeness (QED) is 0.853. The molecule has 0 aliphatic heterocycles. The Bertz CT molecular complexity index is 524. The smallest absolute Gasteiger partial charge is 0.244 e. The molecule has 2 rings (SSSR count). The summed E-state index contributed by atoms with van der Waals surface area (Å²) >= 11 is 0. The molecule has 0 radical (unpaired) electrons. The third-order valence-electron chi connectivity index (χ3n) is 3.75. The second-order valence-corrected chi connectivity index (χ2v) is 6.58. The van der Waals surface area contributed by atoms with Gasteiger partial charge in [0.2, 0.25) is 10.0 Å². The van der Waals surface area contributed by atoms with Crippen molar-refractivity contribution in [1.82, 2.24) is 4.72 Å². The van der Waals surface area contributed by atoms with Crippen molar-refractivity contribution in [3.05, 3.63) is 17.6 Å². The average molecular weight is 272 g/mol. The van der Waals surface area contributed by atoms with E-state index in [1.54, 1.807) is 6.92 Å². The fourth-order valence-corrected chi connectivity index (χ4v) is 4.10. The Hall–Kier alpha value is -0.850. The highest BCUT2D eigenvalue weighted by Crippen LogP contribution is 2.36. The first-order valence-corrected chi connectivity index (χ1v) is 7.74. The molecule has 6 heteroatoms. The molecule has 0 aromatic carbocycles. The van der Waals surface area contributed by atoms with Crippen LogP contribution in [0.1, 0.15) is 44.1 Å². The van der Waals surface area contributed by atoms with Crippen LogP contribution in [0.4, 0.5) is 0 Å². The number of rotatable bonds is 5. The van der Waals surface area contributed by atoms with Crippen LogP contribution in [0.25, 0.3) is 0 Å². The SMILES string of the molecule is CCC1(NS(=O)(=O)c2cc(CN)oc2C)CCC1. The normalized spacial score (nSPS) is 18.6. The highest BCUT2D eigenvalue weighted by Gasteiger charge is 2.39. The molecular weight excluding hydrogens is 252 g/mol. The van der Waals surface area contributed by atoms with Gasteiger partial charge in [-0.25, -0.2) is 13.1 Å². The van der Waals surface area contributed by atoms with Gasteiger partial charge in [-0.1, -0.05) is 6.92 Å². The van der Waals surface area contributed by atoms with Crippen LogP contribution in [0.3, 0.4) is 0 Å². The predicted molar refractivity (Wildman–Crippen MR) is 68.5 cm³/mol. The molecule has 0 atom stereocenters. The summed E-state index contributed by atoms with van der Waals surface area (Å²) in [6.07, 6.45) is 3.70. The lowest BCUT2D eigenvalue weighted by Crippen LogP contribution is -2.52. The summed E-state index contributed by atoms with van der Waals surface area (Å²) in [5.41, 5.74) is 5.20. The van der Waals surface area contributed by atoms with E-state index in [2.05, 4.69) is 4.72 Å². The lowest BCUT2D eigenvalue weighted by Gasteiger charge is -2.41. The van der Waals surface area contributed by atoms with Gasteiger partial charge in [-0.2, -0.15) is 0 Å². The third kappa shape index (κ3) is 2.32. The van der Waals surface area contributed by atoms with E-state index >= 15 is 0 Å². The third-order valence-corrected chi connectivity index (χ3v) is 5.44. The highest BCUT2D eigenvalue weighted by atomic mass is 32.2. The van der Waals surface area contributed by atoms with Crippen LogP contribution < -0.4 is 10.5 Å². The van der Waals surface area contributed by atoms with Crippen molar-refractivity contribution < 1.29 is 12.8 Å². The molecule has 0 saturated heterocycles. The summed E-state index contributed by atoms with van der Waals surface area (Å²) in [5, 5.41) is 0. The van der Waals surface area contributed by atoms with Crippen molar-refractivity contribution in [2.45, 2.75) is 56.5 Å². The Morgan fingerprint density at radius 1 is 1.50 bits per heavy atom. The van der Waals surface area contributed by atoms with Crippen LogP contribution in [-0.4, -0.2) is 14.0 Å². The molecule has 1 aromatic heterocycles. The minimum absolute atomic E-state index is 0.204. The van der Waals surface area contributed by atoms with Gasteiger partial charge in [-0.05, 0) is 32.6 Å². The van der Waals surface area contributed by atoms with E-state index in [4.69, 9.17) is 10.2 Å². The second-order valence-electron chi connectivity index (χ2n) is 4.93. The zero-order chi connectivity index (χ0) is 13.4. The largest absolute Gasteiger partial charge is 0.464 e. The van der Waals surface area contributed by atoms with Gasteiger partial charge >= 0.3 is 0 Å². The maximum Gasteiger partial charge on any atom is 0.244 e. The standard InChI is InChI=1S/C12H20N2O3S/c1-3-12(5-4-6-12)14-18(15,16)11-7-10(8-13)17-9(11)2/h7,14H,3-6,8,13H2,1-2H3. The van der Waals surface area contributed by atoms with Gasteiger partial charge < -0.3 is 10.2 Å². The van der Waals surface area contributed by atoms with Gasteiger partial charge in [-0.3, -0.25) is 0 Å². The van der Waals surface area contributed by atoms with Crippen LogP contribution in [-0.2, 0) is 16.6 Å². The monoisotopic (exact) mass is 272 g/mol. The number of furan rings is 1. The molecule has 0 amide bonds. The summed E-state index contributed by atoms with van der Waals surface area (Å²) in [4.78, 5) is 0.211. The number of sulfonamides is 1. The second kappa shape index (κ2) is 4.68. The van der Waals surface area contributed by atoms with E-state index in [0.29, 0.717) is 11.5 Å². The number of nitrogens with one attached hydrogen (secondary N) is 1. The molecule has 0 unspecified atom stereocenters. The van der Waals surface area contributed by atoms with Gasteiger partial charge in [0.05, 0.1) is 6.54 Å². The van der Waals surface area contributed by atoms with Crippen LogP contribution >= 0.6 is 0 Å². The van der Waals surface area contributed by atoms with Crippen LogP contribution in [0.15, 0.2) is 15.4 Å². The summed E-state index contributed by atoms with van der Waals surface area (Å²) in [5.74, 6) is 0.889. The van der Waals surface area contributed by atoms with E-state index in [1.165, 1.54) is 6.07 Å². The molecule has 18 heavy (non-hydrogen) atoms. The first kappa shape index (κ1) is 13.6. The summed E-state index contributed by atoms with van der Waals surface area (Å²) < 4.78 is 32.8. The number of nitrogens with two attached hydrogens (primary N) is 1.